The first kappa shape index (κ1) is 20.3. The Labute approximate surface area is 166 Å². The second-order valence-corrected chi connectivity index (χ2v) is 6.46. The molecule has 0 atom stereocenters. The highest BCUT2D eigenvalue weighted by atomic mass is 16.5. The summed E-state index contributed by atoms with van der Waals surface area (Å²) in [5, 5.41) is 21.3. The number of carbonyl (C=O) groups is 2. The summed E-state index contributed by atoms with van der Waals surface area (Å²) in [5.74, 6) is -2.91. The van der Waals surface area contributed by atoms with Gasteiger partial charge in [0.05, 0.1) is 12.2 Å². The Morgan fingerprint density at radius 1 is 1.31 bits per heavy atom. The maximum absolute atomic E-state index is 12.9. The molecule has 29 heavy (non-hydrogen) atoms. The zero-order valence-electron chi connectivity index (χ0n) is 15.9. The number of carboxylic acid groups (broad SMARTS) is 1. The monoisotopic (exact) mass is 402 g/mol. The first-order valence-corrected chi connectivity index (χ1v) is 9.18. The van der Waals surface area contributed by atoms with Crippen molar-refractivity contribution in [2.45, 2.75) is 19.9 Å². The van der Waals surface area contributed by atoms with E-state index >= 15 is 0 Å². The lowest BCUT2D eigenvalue weighted by atomic mass is 10.2. The van der Waals surface area contributed by atoms with Crippen molar-refractivity contribution in [2.75, 3.05) is 31.4 Å². The molecule has 0 aromatic carbocycles. The van der Waals surface area contributed by atoms with E-state index in [9.17, 15) is 24.6 Å². The minimum absolute atomic E-state index is 0.135. The molecule has 10 nitrogen and oxygen atoms in total. The molecule has 10 heteroatoms. The third-order valence-corrected chi connectivity index (χ3v) is 4.51. The van der Waals surface area contributed by atoms with Crippen LogP contribution >= 0.6 is 0 Å². The molecule has 0 bridgehead atoms. The first-order valence-electron chi connectivity index (χ1n) is 9.18. The van der Waals surface area contributed by atoms with E-state index in [1.54, 1.807) is 23.3 Å². The minimum atomic E-state index is -1.48. The highest BCUT2D eigenvalue weighted by Gasteiger charge is 2.34. The average molecular weight is 402 g/mol. The second-order valence-electron chi connectivity index (χ2n) is 6.46. The number of carbonyl (C=O) groups excluding carboxylic acids is 1. The third-order valence-electron chi connectivity index (χ3n) is 4.51. The van der Waals surface area contributed by atoms with E-state index in [0.717, 1.165) is 6.20 Å². The van der Waals surface area contributed by atoms with Crippen molar-refractivity contribution in [1.29, 1.82) is 0 Å². The van der Waals surface area contributed by atoms with E-state index < -0.39 is 28.6 Å². The second kappa shape index (κ2) is 8.74. The maximum Gasteiger partial charge on any atom is 0.341 e. The number of aromatic hydroxyl groups is 1. The Kier molecular flexibility index (Phi) is 6.13. The Bertz CT molecular complexity index is 959. The zero-order valence-corrected chi connectivity index (χ0v) is 15.9. The van der Waals surface area contributed by atoms with Gasteiger partial charge >= 0.3 is 5.97 Å². The summed E-state index contributed by atoms with van der Waals surface area (Å²) in [6.45, 7) is 3.64. The molecule has 3 rings (SSSR count). The van der Waals surface area contributed by atoms with E-state index in [0.29, 0.717) is 31.9 Å². The molecule has 0 spiro atoms. The summed E-state index contributed by atoms with van der Waals surface area (Å²) in [4.78, 5) is 42.3. The number of carboxylic acids is 1. The molecule has 0 saturated carbocycles. The minimum Gasteiger partial charge on any atom is -0.502 e. The van der Waals surface area contributed by atoms with Crippen LogP contribution in [0.25, 0.3) is 0 Å². The predicted octanol–water partition coefficient (Wildman–Crippen LogP) is 0.625. The Morgan fingerprint density at radius 2 is 2.10 bits per heavy atom. The van der Waals surface area contributed by atoms with Crippen LogP contribution in [0.3, 0.4) is 0 Å². The van der Waals surface area contributed by atoms with Crippen molar-refractivity contribution in [3.63, 3.8) is 0 Å². The lowest BCUT2D eigenvalue weighted by molar-refractivity contribution is 0.0641. The van der Waals surface area contributed by atoms with Crippen LogP contribution in [0.15, 0.2) is 35.4 Å². The molecular formula is C19H22N4O6. The van der Waals surface area contributed by atoms with Crippen LogP contribution in [0.1, 0.15) is 39.9 Å². The van der Waals surface area contributed by atoms with E-state index in [-0.39, 0.29) is 18.9 Å². The number of aromatic carboxylic acids is 1. The van der Waals surface area contributed by atoms with Crippen LogP contribution in [0.2, 0.25) is 0 Å². The summed E-state index contributed by atoms with van der Waals surface area (Å²) < 4.78 is 6.54. The summed E-state index contributed by atoms with van der Waals surface area (Å²) in [6.07, 6.45) is 3.27. The number of ether oxygens (including phenoxy) is 1. The number of fused-ring (bicyclic) bond motifs is 1. The molecule has 0 radical (unpaired) electrons. The fraction of sp³-hybridized carbons (Fsp3) is 0.368. The standard InChI is InChI=1S/C19H22N4O6/c1-2-29-9-5-8-21-12-22(10-13-6-3-4-7-20-13)23-11-14(19(27)28)16(24)17(25)15(23)18(21)26/h3-4,6-7,11,25H,2,5,8-10,12H2,1H3,(H,27,28). The normalized spacial score (nSPS) is 13.5. The average Bonchev–Trinajstić information content (AvgIpc) is 2.71. The van der Waals surface area contributed by atoms with Crippen LogP contribution in [-0.2, 0) is 11.3 Å². The number of amides is 1. The number of hydrogen-bond donors (Lipinski definition) is 2. The Hall–Kier alpha value is -3.40. The Balaban J connectivity index is 2.01. The van der Waals surface area contributed by atoms with E-state index in [1.807, 2.05) is 13.0 Å². The van der Waals surface area contributed by atoms with Gasteiger partial charge in [0.1, 0.15) is 12.2 Å². The smallest absolute Gasteiger partial charge is 0.341 e. The molecule has 0 saturated heterocycles. The number of hydrogen-bond acceptors (Lipinski definition) is 7. The molecule has 0 unspecified atom stereocenters. The SMILES string of the molecule is CCOCCCN1CN(Cc2ccccn2)n2cc(C(=O)O)c(=O)c(O)c2C1=O. The van der Waals surface area contributed by atoms with Gasteiger partial charge in [-0.25, -0.2) is 4.79 Å². The van der Waals surface area contributed by atoms with Gasteiger partial charge in [0.15, 0.2) is 11.4 Å². The summed E-state index contributed by atoms with van der Waals surface area (Å²) in [5.41, 5.74) is -1.29. The van der Waals surface area contributed by atoms with Crippen LogP contribution in [0, 0.1) is 0 Å². The fourth-order valence-electron chi connectivity index (χ4n) is 3.12. The van der Waals surface area contributed by atoms with Crippen molar-refractivity contribution in [2.24, 2.45) is 0 Å². The zero-order chi connectivity index (χ0) is 21.0. The summed E-state index contributed by atoms with van der Waals surface area (Å²) >= 11 is 0. The van der Waals surface area contributed by atoms with Crippen molar-refractivity contribution in [1.82, 2.24) is 14.6 Å². The van der Waals surface area contributed by atoms with Gasteiger partial charge in [-0.3, -0.25) is 24.3 Å². The summed E-state index contributed by atoms with van der Waals surface area (Å²) in [7, 11) is 0. The van der Waals surface area contributed by atoms with Gasteiger partial charge < -0.3 is 19.8 Å². The number of aromatic nitrogens is 2. The number of pyridine rings is 2. The maximum atomic E-state index is 12.9. The Morgan fingerprint density at radius 3 is 2.76 bits per heavy atom. The molecule has 0 fully saturated rings. The van der Waals surface area contributed by atoms with Crippen LogP contribution in [0.4, 0.5) is 0 Å². The topological polar surface area (TPSA) is 125 Å². The van der Waals surface area contributed by atoms with Crippen molar-refractivity contribution >= 4 is 11.9 Å². The van der Waals surface area contributed by atoms with Gasteiger partial charge in [-0.15, -0.1) is 0 Å². The third kappa shape index (κ3) is 4.21. The van der Waals surface area contributed by atoms with Gasteiger partial charge in [-0.2, -0.15) is 0 Å². The molecule has 1 aliphatic rings. The first-order chi connectivity index (χ1) is 13.9. The quantitative estimate of drug-likeness (QED) is 0.616. The van der Waals surface area contributed by atoms with Crippen LogP contribution < -0.4 is 10.4 Å². The molecule has 2 aromatic rings. The molecule has 3 heterocycles. The van der Waals surface area contributed by atoms with Gasteiger partial charge in [-0.05, 0) is 25.5 Å². The fourth-order valence-corrected chi connectivity index (χ4v) is 3.12. The molecule has 2 aromatic heterocycles. The van der Waals surface area contributed by atoms with Gasteiger partial charge in [0.2, 0.25) is 5.43 Å². The van der Waals surface area contributed by atoms with Gasteiger partial charge in [0.25, 0.3) is 5.91 Å². The molecule has 0 aliphatic carbocycles. The molecule has 1 aliphatic heterocycles. The van der Waals surface area contributed by atoms with Crippen molar-refractivity contribution < 1.29 is 24.5 Å². The number of nitrogens with zero attached hydrogens (tertiary/aromatic N) is 4. The predicted molar refractivity (Wildman–Crippen MR) is 102 cm³/mol. The lowest BCUT2D eigenvalue weighted by Gasteiger charge is -2.39. The molecule has 1 amide bonds. The van der Waals surface area contributed by atoms with E-state index in [2.05, 4.69) is 4.98 Å². The van der Waals surface area contributed by atoms with Crippen LogP contribution in [-0.4, -0.2) is 63.1 Å². The van der Waals surface area contributed by atoms with E-state index in [1.165, 1.54) is 9.58 Å². The van der Waals surface area contributed by atoms with Crippen molar-refractivity contribution in [3.8, 4) is 5.75 Å². The summed E-state index contributed by atoms with van der Waals surface area (Å²) in [6, 6.07) is 5.36. The van der Waals surface area contributed by atoms with Gasteiger partial charge in [0, 0.05) is 32.2 Å². The highest BCUT2D eigenvalue weighted by Crippen LogP contribution is 2.22. The van der Waals surface area contributed by atoms with Gasteiger partial charge in [-0.1, -0.05) is 6.07 Å². The van der Waals surface area contributed by atoms with Crippen LogP contribution in [0.5, 0.6) is 5.75 Å². The number of rotatable bonds is 8. The highest BCUT2D eigenvalue weighted by molar-refractivity contribution is 5.97. The molecule has 154 valence electrons. The molecular weight excluding hydrogens is 380 g/mol. The van der Waals surface area contributed by atoms with E-state index in [4.69, 9.17) is 4.74 Å². The lowest BCUT2D eigenvalue weighted by Crippen LogP contribution is -2.54. The largest absolute Gasteiger partial charge is 0.502 e. The molecule has 2 N–H and O–H groups in total. The van der Waals surface area contributed by atoms with Crippen molar-refractivity contribution in [3.05, 3.63) is 57.8 Å².